The van der Waals surface area contributed by atoms with Crippen LogP contribution in [0, 0.1) is 0 Å². The molecule has 1 atom stereocenters. The first-order chi connectivity index (χ1) is 22.9. The maximum Gasteiger partial charge on any atom is -0.00155 e. The molecule has 8 aromatic rings. The van der Waals surface area contributed by atoms with Gasteiger partial charge in [-0.2, -0.15) is 0 Å². The molecule has 0 N–H and O–H groups in total. The molecule has 0 saturated heterocycles. The van der Waals surface area contributed by atoms with Crippen LogP contribution in [0.3, 0.4) is 0 Å². The van der Waals surface area contributed by atoms with E-state index in [-0.39, 0.29) is 0 Å². The summed E-state index contributed by atoms with van der Waals surface area (Å²) >= 11 is 0. The lowest BCUT2D eigenvalue weighted by molar-refractivity contribution is 1.70. The Balaban J connectivity index is 1.46. The Morgan fingerprint density at radius 2 is 0.696 bits per heavy atom. The van der Waals surface area contributed by atoms with Gasteiger partial charge in [-0.25, -0.2) is 0 Å². The molecule has 0 nitrogen and oxygen atoms in total. The number of rotatable bonds is 7. The van der Waals surface area contributed by atoms with Gasteiger partial charge in [0.05, 0.1) is 0 Å². The van der Waals surface area contributed by atoms with Crippen molar-refractivity contribution in [1.82, 2.24) is 0 Å². The summed E-state index contributed by atoms with van der Waals surface area (Å²) in [4.78, 5) is 0. The Hall–Kier alpha value is -4.86. The van der Waals surface area contributed by atoms with Crippen LogP contribution in [0.1, 0.15) is 0 Å². The predicted octanol–water partition coefficient (Wildman–Crippen LogP) is 9.18. The number of hydrogen-bond donors (Lipinski definition) is 0. The van der Waals surface area contributed by atoms with Crippen molar-refractivity contribution in [3.8, 4) is 11.1 Å². The van der Waals surface area contributed by atoms with Crippen LogP contribution in [0.4, 0.5) is 0 Å². The van der Waals surface area contributed by atoms with E-state index in [0.29, 0.717) is 0 Å². The van der Waals surface area contributed by atoms with E-state index in [1.54, 1.807) is 0 Å². The molecule has 0 aliphatic rings. The number of benzene rings is 8. The van der Waals surface area contributed by atoms with Crippen molar-refractivity contribution in [2.75, 3.05) is 0 Å². The fourth-order valence-corrected chi connectivity index (χ4v) is 12.0. The predicted molar refractivity (Wildman–Crippen MR) is 204 cm³/mol. The summed E-state index contributed by atoms with van der Waals surface area (Å²) in [5.41, 5.74) is 2.63. The molecule has 218 valence electrons. The molecule has 0 heterocycles. The molecule has 0 aliphatic carbocycles. The third-order valence-corrected chi connectivity index (χ3v) is 13.8. The van der Waals surface area contributed by atoms with Crippen LogP contribution in [0.2, 0.25) is 0 Å². The number of hydrogen-bond acceptors (Lipinski definition) is 0. The van der Waals surface area contributed by atoms with Gasteiger partial charge in [0.2, 0.25) is 0 Å². The fraction of sp³-hybridized carbons (Fsp3) is 0. The average Bonchev–Trinajstić information content (AvgIpc) is 3.13. The minimum Gasteiger partial charge on any atom is -0.0622 e. The monoisotopic (exact) mass is 622 g/mol. The van der Waals surface area contributed by atoms with E-state index in [2.05, 4.69) is 194 Å². The lowest BCUT2D eigenvalue weighted by atomic mass is 9.94. The zero-order chi connectivity index (χ0) is 30.7. The zero-order valence-corrected chi connectivity index (χ0v) is 27.2. The summed E-state index contributed by atoms with van der Waals surface area (Å²) < 4.78 is 0. The summed E-state index contributed by atoms with van der Waals surface area (Å²) in [6.07, 6.45) is 0. The van der Waals surface area contributed by atoms with Gasteiger partial charge in [-0.05, 0) is 80.3 Å². The van der Waals surface area contributed by atoms with E-state index in [0.717, 1.165) is 0 Å². The molecule has 46 heavy (non-hydrogen) atoms. The molecule has 1 unspecified atom stereocenters. The quantitative estimate of drug-likeness (QED) is 0.156. The second kappa shape index (κ2) is 12.9. The summed E-state index contributed by atoms with van der Waals surface area (Å²) in [5, 5.41) is 13.4. The minimum atomic E-state index is -0.937. The highest BCUT2D eigenvalue weighted by molar-refractivity contribution is 7.85. The van der Waals surface area contributed by atoms with Crippen molar-refractivity contribution in [3.05, 3.63) is 194 Å². The Labute approximate surface area is 273 Å². The molecule has 8 aromatic carbocycles. The van der Waals surface area contributed by atoms with E-state index in [1.165, 1.54) is 64.5 Å². The summed E-state index contributed by atoms with van der Waals surface area (Å²) in [7, 11) is -1.73. The molecule has 0 bridgehead atoms. The van der Waals surface area contributed by atoms with Gasteiger partial charge in [0.25, 0.3) is 0 Å². The minimum absolute atomic E-state index is 0.791. The standard InChI is InChI=1S/C44H32P2/c1-4-20-35(21-5-1)45(36-22-6-2-7-23-36)41-29-14-15-30-42(41)46(37-24-8-3-9-25-37)43-32-31-34-18-11-13-27-39(34)44(43)40-28-16-19-33-17-10-12-26-38(33)40/h1-32H. The van der Waals surface area contributed by atoms with Crippen molar-refractivity contribution < 1.29 is 0 Å². The normalized spacial score (nSPS) is 12.0. The third-order valence-electron chi connectivity index (χ3n) is 8.61. The molecule has 0 amide bonds. The van der Waals surface area contributed by atoms with Crippen molar-refractivity contribution in [3.63, 3.8) is 0 Å². The van der Waals surface area contributed by atoms with Gasteiger partial charge < -0.3 is 0 Å². The lowest BCUT2D eigenvalue weighted by Gasteiger charge is -2.29. The van der Waals surface area contributed by atoms with Crippen LogP contribution in [-0.4, -0.2) is 0 Å². The Bertz CT molecular complexity index is 2220. The van der Waals surface area contributed by atoms with Gasteiger partial charge in [0.1, 0.15) is 0 Å². The Morgan fingerprint density at radius 3 is 1.30 bits per heavy atom. The first-order valence-electron chi connectivity index (χ1n) is 15.7. The second-order valence-corrected chi connectivity index (χ2v) is 15.7. The highest BCUT2D eigenvalue weighted by atomic mass is 31.1. The highest BCUT2D eigenvalue weighted by Gasteiger charge is 2.28. The first kappa shape index (κ1) is 28.6. The molecule has 0 radical (unpaired) electrons. The molecule has 0 fully saturated rings. The second-order valence-electron chi connectivity index (χ2n) is 11.4. The molecule has 8 rings (SSSR count). The first-order valence-corrected chi connectivity index (χ1v) is 18.4. The van der Waals surface area contributed by atoms with E-state index in [9.17, 15) is 0 Å². The lowest BCUT2D eigenvalue weighted by Crippen LogP contribution is -2.35. The van der Waals surface area contributed by atoms with Crippen molar-refractivity contribution in [1.29, 1.82) is 0 Å². The van der Waals surface area contributed by atoms with Crippen molar-refractivity contribution in [2.24, 2.45) is 0 Å². The van der Waals surface area contributed by atoms with Crippen LogP contribution < -0.4 is 31.8 Å². The van der Waals surface area contributed by atoms with Crippen LogP contribution in [0.15, 0.2) is 194 Å². The van der Waals surface area contributed by atoms with Gasteiger partial charge in [0.15, 0.2) is 0 Å². The number of fused-ring (bicyclic) bond motifs is 2. The molecular formula is C44H32P2. The van der Waals surface area contributed by atoms with Crippen LogP contribution in [0.25, 0.3) is 32.7 Å². The van der Waals surface area contributed by atoms with E-state index < -0.39 is 15.8 Å². The van der Waals surface area contributed by atoms with Gasteiger partial charge in [-0.1, -0.05) is 194 Å². The van der Waals surface area contributed by atoms with Crippen LogP contribution >= 0.6 is 15.8 Å². The van der Waals surface area contributed by atoms with Gasteiger partial charge in [-0.3, -0.25) is 0 Å². The van der Waals surface area contributed by atoms with Crippen molar-refractivity contribution in [2.45, 2.75) is 0 Å². The highest BCUT2D eigenvalue weighted by Crippen LogP contribution is 2.44. The zero-order valence-electron chi connectivity index (χ0n) is 25.4. The molecule has 0 aliphatic heterocycles. The fourth-order valence-electron chi connectivity index (χ4n) is 6.58. The smallest absolute Gasteiger partial charge is 0.00155 e. The molecular weight excluding hydrogens is 590 g/mol. The summed E-state index contributed by atoms with van der Waals surface area (Å²) in [6, 6.07) is 71.8. The Kier molecular flexibility index (Phi) is 8.00. The van der Waals surface area contributed by atoms with Crippen LogP contribution in [0.5, 0.6) is 0 Å². The van der Waals surface area contributed by atoms with Gasteiger partial charge in [-0.15, -0.1) is 0 Å². The van der Waals surface area contributed by atoms with E-state index >= 15 is 0 Å². The molecule has 2 heteroatoms. The topological polar surface area (TPSA) is 0 Å². The largest absolute Gasteiger partial charge is 0.0622 e. The summed E-state index contributed by atoms with van der Waals surface area (Å²) in [5.74, 6) is 0. The maximum atomic E-state index is 2.42. The van der Waals surface area contributed by atoms with Gasteiger partial charge in [0, 0.05) is 0 Å². The van der Waals surface area contributed by atoms with Crippen LogP contribution in [-0.2, 0) is 0 Å². The molecule has 0 aromatic heterocycles. The molecule has 0 saturated carbocycles. The van der Waals surface area contributed by atoms with Gasteiger partial charge >= 0.3 is 0 Å². The van der Waals surface area contributed by atoms with E-state index in [4.69, 9.17) is 0 Å². The SMILES string of the molecule is c1ccc(P(c2ccccc2)c2ccccc2P(c2ccccc2)c2ccc3ccccc3c2-c2cccc3ccccc23)cc1. The average molecular weight is 623 g/mol. The molecule has 0 spiro atoms. The maximum absolute atomic E-state index is 2.42. The van der Waals surface area contributed by atoms with E-state index in [1.807, 2.05) is 0 Å². The Morgan fingerprint density at radius 1 is 0.261 bits per heavy atom. The summed E-state index contributed by atoms with van der Waals surface area (Å²) in [6.45, 7) is 0. The van der Waals surface area contributed by atoms with Crippen molar-refractivity contribution >= 4 is 69.2 Å². The third kappa shape index (κ3) is 5.35.